The van der Waals surface area contributed by atoms with Crippen LogP contribution in [-0.4, -0.2) is 5.11 Å². The summed E-state index contributed by atoms with van der Waals surface area (Å²) >= 11 is 0. The molecule has 1 N–H and O–H groups in total. The van der Waals surface area contributed by atoms with Gasteiger partial charge in [-0.2, -0.15) is 0 Å². The second kappa shape index (κ2) is 5.76. The molecule has 0 aliphatic heterocycles. The van der Waals surface area contributed by atoms with Gasteiger partial charge in [-0.1, -0.05) is 72.0 Å². The van der Waals surface area contributed by atoms with Crippen molar-refractivity contribution in [2.75, 3.05) is 0 Å². The molecule has 1 unspecified atom stereocenters. The van der Waals surface area contributed by atoms with Crippen LogP contribution in [0.1, 0.15) is 37.5 Å². The molecule has 2 aromatic rings. The van der Waals surface area contributed by atoms with Crippen molar-refractivity contribution in [2.24, 2.45) is 5.41 Å². The molecule has 0 bridgehead atoms. The Hall–Kier alpha value is -2.04. The van der Waals surface area contributed by atoms with Gasteiger partial charge in [-0.15, -0.1) is 0 Å². The predicted molar refractivity (Wildman–Crippen MR) is 87.9 cm³/mol. The fourth-order valence-corrected chi connectivity index (χ4v) is 2.06. The number of aliphatic hydroxyl groups is 1. The first-order valence-electron chi connectivity index (χ1n) is 7.21. The summed E-state index contributed by atoms with van der Waals surface area (Å²) < 4.78 is 0. The molecule has 0 radical (unpaired) electrons. The second-order valence-corrected chi connectivity index (χ2v) is 6.44. The molecule has 1 nitrogen and oxygen atoms in total. The largest absolute Gasteiger partial charge is 0.369 e. The number of benzene rings is 2. The maximum Gasteiger partial charge on any atom is 0.176 e. The Labute approximate surface area is 127 Å². The summed E-state index contributed by atoms with van der Waals surface area (Å²) in [6.07, 6.45) is 0. The molecular formula is C20H22O. The third-order valence-electron chi connectivity index (χ3n) is 3.28. The molecule has 0 amide bonds. The maximum atomic E-state index is 11.2. The molecule has 0 spiro atoms. The van der Waals surface area contributed by atoms with Crippen LogP contribution < -0.4 is 0 Å². The van der Waals surface area contributed by atoms with E-state index in [1.807, 2.05) is 82.3 Å². The van der Waals surface area contributed by atoms with Gasteiger partial charge in [0.1, 0.15) is 0 Å². The average Bonchev–Trinajstić information content (AvgIpc) is 2.46. The summed E-state index contributed by atoms with van der Waals surface area (Å²) in [6.45, 7) is 8.16. The van der Waals surface area contributed by atoms with Gasteiger partial charge in [0.25, 0.3) is 0 Å². The molecule has 2 aromatic carbocycles. The van der Waals surface area contributed by atoms with E-state index in [-0.39, 0.29) is 5.41 Å². The highest BCUT2D eigenvalue weighted by molar-refractivity contribution is 5.45. The molecule has 0 aliphatic rings. The third kappa shape index (κ3) is 3.74. The van der Waals surface area contributed by atoms with Crippen molar-refractivity contribution < 1.29 is 5.11 Å². The van der Waals surface area contributed by atoms with Crippen LogP contribution in [0.25, 0.3) is 0 Å². The fraction of sp³-hybridized carbons (Fsp3) is 0.300. The van der Waals surface area contributed by atoms with Gasteiger partial charge in [-0.25, -0.2) is 0 Å². The van der Waals surface area contributed by atoms with Gasteiger partial charge in [0.05, 0.1) is 0 Å². The second-order valence-electron chi connectivity index (χ2n) is 6.44. The number of rotatable bonds is 2. The summed E-state index contributed by atoms with van der Waals surface area (Å²) in [7, 11) is 0. The van der Waals surface area contributed by atoms with Gasteiger partial charge in [-0.05, 0) is 27.7 Å². The van der Waals surface area contributed by atoms with Crippen LogP contribution in [0.4, 0.5) is 0 Å². The van der Waals surface area contributed by atoms with Crippen molar-refractivity contribution in [2.45, 2.75) is 33.3 Å². The molecule has 21 heavy (non-hydrogen) atoms. The first-order valence-corrected chi connectivity index (χ1v) is 7.21. The topological polar surface area (TPSA) is 20.2 Å². The van der Waals surface area contributed by atoms with E-state index in [1.54, 1.807) is 0 Å². The van der Waals surface area contributed by atoms with Crippen LogP contribution in [-0.2, 0) is 5.60 Å². The zero-order chi connectivity index (χ0) is 15.5. The molecule has 0 saturated heterocycles. The Balaban J connectivity index is 2.58. The van der Waals surface area contributed by atoms with Crippen LogP contribution in [0.2, 0.25) is 0 Å². The highest BCUT2D eigenvalue weighted by atomic mass is 16.3. The Morgan fingerprint density at radius 2 is 1.29 bits per heavy atom. The van der Waals surface area contributed by atoms with Crippen LogP contribution in [0.3, 0.4) is 0 Å². The minimum absolute atomic E-state index is 0.159. The molecule has 0 fully saturated rings. The lowest BCUT2D eigenvalue weighted by atomic mass is 9.85. The molecule has 1 heteroatoms. The standard InChI is InChI=1S/C20H22O/c1-16-10-12-18(13-11-16)20(21,15-14-19(2,3)4)17-8-6-5-7-9-17/h5-13,21H,1-4H3. The molecule has 2 rings (SSSR count). The normalized spacial score (nSPS) is 14.0. The van der Waals surface area contributed by atoms with E-state index in [0.29, 0.717) is 0 Å². The maximum absolute atomic E-state index is 11.2. The fourth-order valence-electron chi connectivity index (χ4n) is 2.06. The number of hydrogen-bond donors (Lipinski definition) is 1. The van der Waals surface area contributed by atoms with E-state index in [4.69, 9.17) is 0 Å². The quantitative estimate of drug-likeness (QED) is 0.813. The minimum Gasteiger partial charge on any atom is -0.369 e. The molecule has 108 valence electrons. The van der Waals surface area contributed by atoms with E-state index in [1.165, 1.54) is 0 Å². The van der Waals surface area contributed by atoms with Gasteiger partial charge in [0.15, 0.2) is 5.60 Å². The van der Waals surface area contributed by atoms with E-state index < -0.39 is 5.60 Å². The third-order valence-corrected chi connectivity index (χ3v) is 3.28. The van der Waals surface area contributed by atoms with Gasteiger partial charge in [0.2, 0.25) is 0 Å². The zero-order valence-electron chi connectivity index (χ0n) is 13.1. The predicted octanol–water partition coefficient (Wildman–Crippen LogP) is 4.28. The average molecular weight is 278 g/mol. The monoisotopic (exact) mass is 278 g/mol. The summed E-state index contributed by atoms with van der Waals surface area (Å²) in [5.74, 6) is 6.27. The summed E-state index contributed by atoms with van der Waals surface area (Å²) in [5, 5.41) is 11.2. The van der Waals surface area contributed by atoms with Crippen molar-refractivity contribution in [3.8, 4) is 11.8 Å². The Morgan fingerprint density at radius 3 is 1.81 bits per heavy atom. The summed E-state index contributed by atoms with van der Waals surface area (Å²) in [5.41, 5.74) is 1.33. The minimum atomic E-state index is -1.28. The Bertz CT molecular complexity index is 651. The van der Waals surface area contributed by atoms with Crippen LogP contribution in [0, 0.1) is 24.2 Å². The Morgan fingerprint density at radius 1 is 0.762 bits per heavy atom. The number of hydrogen-bond acceptors (Lipinski definition) is 1. The SMILES string of the molecule is Cc1ccc(C(O)(C#CC(C)(C)C)c2ccccc2)cc1. The van der Waals surface area contributed by atoms with Crippen molar-refractivity contribution >= 4 is 0 Å². The molecule has 1 atom stereocenters. The Kier molecular flexibility index (Phi) is 4.21. The van der Waals surface area contributed by atoms with Gasteiger partial charge in [0, 0.05) is 16.5 Å². The van der Waals surface area contributed by atoms with Gasteiger partial charge < -0.3 is 5.11 Å². The van der Waals surface area contributed by atoms with Crippen LogP contribution in [0.5, 0.6) is 0 Å². The van der Waals surface area contributed by atoms with Crippen LogP contribution >= 0.6 is 0 Å². The van der Waals surface area contributed by atoms with Crippen molar-refractivity contribution in [3.63, 3.8) is 0 Å². The van der Waals surface area contributed by atoms with E-state index in [2.05, 4.69) is 11.8 Å². The number of aryl methyl sites for hydroxylation is 1. The van der Waals surface area contributed by atoms with E-state index in [9.17, 15) is 5.11 Å². The lowest BCUT2D eigenvalue weighted by Crippen LogP contribution is -2.25. The molecule has 0 saturated carbocycles. The first-order chi connectivity index (χ1) is 9.81. The molecule has 0 heterocycles. The van der Waals surface area contributed by atoms with Gasteiger partial charge >= 0.3 is 0 Å². The zero-order valence-corrected chi connectivity index (χ0v) is 13.1. The van der Waals surface area contributed by atoms with E-state index >= 15 is 0 Å². The van der Waals surface area contributed by atoms with Crippen molar-refractivity contribution in [1.82, 2.24) is 0 Å². The molecule has 0 aliphatic carbocycles. The summed E-state index contributed by atoms with van der Waals surface area (Å²) in [4.78, 5) is 0. The van der Waals surface area contributed by atoms with Gasteiger partial charge in [-0.3, -0.25) is 0 Å². The van der Waals surface area contributed by atoms with Crippen molar-refractivity contribution in [1.29, 1.82) is 0 Å². The van der Waals surface area contributed by atoms with Crippen LogP contribution in [0.15, 0.2) is 54.6 Å². The van der Waals surface area contributed by atoms with Crippen molar-refractivity contribution in [3.05, 3.63) is 71.3 Å². The molecular weight excluding hydrogens is 256 g/mol. The molecule has 0 aromatic heterocycles. The smallest absolute Gasteiger partial charge is 0.176 e. The first kappa shape index (κ1) is 15.4. The van der Waals surface area contributed by atoms with E-state index in [0.717, 1.165) is 16.7 Å². The lowest BCUT2D eigenvalue weighted by Gasteiger charge is -2.24. The highest BCUT2D eigenvalue weighted by Crippen LogP contribution is 2.30. The highest BCUT2D eigenvalue weighted by Gasteiger charge is 2.29. The lowest BCUT2D eigenvalue weighted by molar-refractivity contribution is 0.145. The summed E-state index contributed by atoms with van der Waals surface area (Å²) in [6, 6.07) is 17.5.